The van der Waals surface area contributed by atoms with Crippen molar-refractivity contribution in [2.24, 2.45) is 5.92 Å². The monoisotopic (exact) mass is 434 g/mol. The maximum absolute atomic E-state index is 13.0. The largest absolute Gasteiger partial charge is 0.478 e. The SMILES string of the molecule is CCOc1ncccc1CNc1ccc(S(=O)(=O)N2CCCC(C)C2)cc1[N+](=O)[O-]. The van der Waals surface area contributed by atoms with Crippen LogP contribution in [0.2, 0.25) is 0 Å². The molecule has 0 bridgehead atoms. The number of piperidine rings is 1. The van der Waals surface area contributed by atoms with Crippen molar-refractivity contribution in [3.05, 3.63) is 52.2 Å². The van der Waals surface area contributed by atoms with Crippen molar-refractivity contribution in [1.29, 1.82) is 0 Å². The molecule has 2 aromatic rings. The van der Waals surface area contributed by atoms with Gasteiger partial charge in [-0.2, -0.15) is 4.31 Å². The number of nitro benzene ring substituents is 1. The molecule has 1 aliphatic heterocycles. The van der Waals surface area contributed by atoms with Crippen LogP contribution in [0.1, 0.15) is 32.3 Å². The summed E-state index contributed by atoms with van der Waals surface area (Å²) in [5.74, 6) is 0.719. The number of ether oxygens (including phenoxy) is 1. The van der Waals surface area contributed by atoms with Crippen molar-refractivity contribution in [3.63, 3.8) is 0 Å². The molecule has 1 aromatic carbocycles. The van der Waals surface area contributed by atoms with Gasteiger partial charge in [-0.05, 0) is 43.9 Å². The summed E-state index contributed by atoms with van der Waals surface area (Å²) in [5, 5.41) is 14.6. The van der Waals surface area contributed by atoms with Gasteiger partial charge in [-0.25, -0.2) is 13.4 Å². The number of sulfonamides is 1. The van der Waals surface area contributed by atoms with Crippen molar-refractivity contribution < 1.29 is 18.1 Å². The quantitative estimate of drug-likeness (QED) is 0.500. The van der Waals surface area contributed by atoms with E-state index in [9.17, 15) is 18.5 Å². The number of nitro groups is 1. The highest BCUT2D eigenvalue weighted by molar-refractivity contribution is 7.89. The fourth-order valence-electron chi connectivity index (χ4n) is 3.50. The number of anilines is 1. The number of hydrogen-bond donors (Lipinski definition) is 1. The Labute approximate surface area is 176 Å². The van der Waals surface area contributed by atoms with E-state index in [2.05, 4.69) is 10.3 Å². The minimum absolute atomic E-state index is 0.0646. The third-order valence-electron chi connectivity index (χ3n) is 5.02. The van der Waals surface area contributed by atoms with Gasteiger partial charge in [-0.1, -0.05) is 13.0 Å². The summed E-state index contributed by atoms with van der Waals surface area (Å²) in [4.78, 5) is 15.2. The number of rotatable bonds is 8. The van der Waals surface area contributed by atoms with E-state index in [1.54, 1.807) is 12.3 Å². The average molecular weight is 435 g/mol. The Morgan fingerprint density at radius 1 is 1.37 bits per heavy atom. The lowest BCUT2D eigenvalue weighted by Crippen LogP contribution is -2.39. The Morgan fingerprint density at radius 3 is 2.87 bits per heavy atom. The maximum Gasteiger partial charge on any atom is 0.293 e. The molecule has 1 aliphatic rings. The fourth-order valence-corrected chi connectivity index (χ4v) is 5.12. The topological polar surface area (TPSA) is 115 Å². The van der Waals surface area contributed by atoms with Crippen molar-refractivity contribution in [2.45, 2.75) is 38.1 Å². The molecular weight excluding hydrogens is 408 g/mol. The Kier molecular flexibility index (Phi) is 6.88. The molecule has 10 heteroatoms. The second-order valence-electron chi connectivity index (χ2n) is 7.30. The molecule has 1 N–H and O–H groups in total. The van der Waals surface area contributed by atoms with Gasteiger partial charge in [0.2, 0.25) is 15.9 Å². The molecule has 0 aliphatic carbocycles. The third-order valence-corrected chi connectivity index (χ3v) is 6.88. The van der Waals surface area contributed by atoms with E-state index in [4.69, 9.17) is 4.74 Å². The highest BCUT2D eigenvalue weighted by atomic mass is 32.2. The van der Waals surface area contributed by atoms with E-state index in [1.807, 2.05) is 19.9 Å². The molecule has 1 saturated heterocycles. The molecule has 1 aromatic heterocycles. The van der Waals surface area contributed by atoms with Crippen LogP contribution < -0.4 is 10.1 Å². The van der Waals surface area contributed by atoms with Crippen molar-refractivity contribution in [2.75, 3.05) is 25.0 Å². The Balaban J connectivity index is 1.85. The predicted octanol–water partition coefficient (Wildman–Crippen LogP) is 3.42. The molecule has 0 spiro atoms. The second-order valence-corrected chi connectivity index (χ2v) is 9.24. The van der Waals surface area contributed by atoms with Crippen LogP contribution in [-0.4, -0.2) is 42.3 Å². The third kappa shape index (κ3) is 4.88. The first-order chi connectivity index (χ1) is 14.3. The van der Waals surface area contributed by atoms with E-state index in [0.717, 1.165) is 24.5 Å². The molecule has 0 saturated carbocycles. The summed E-state index contributed by atoms with van der Waals surface area (Å²) in [6.07, 6.45) is 3.38. The number of benzene rings is 1. The smallest absolute Gasteiger partial charge is 0.293 e. The van der Waals surface area contributed by atoms with Crippen LogP contribution in [0.3, 0.4) is 0 Å². The number of nitrogens with zero attached hydrogens (tertiary/aromatic N) is 3. The van der Waals surface area contributed by atoms with Crippen LogP contribution in [0.25, 0.3) is 0 Å². The first kappa shape index (κ1) is 22.0. The van der Waals surface area contributed by atoms with Gasteiger partial charge in [0.15, 0.2) is 0 Å². The van der Waals surface area contributed by atoms with Crippen LogP contribution in [0.15, 0.2) is 41.4 Å². The standard InChI is InChI=1S/C20H26N4O5S/c1-3-29-20-16(7-4-10-21-20)13-22-18-9-8-17(12-19(18)24(25)26)30(27,28)23-11-5-6-15(2)14-23/h4,7-10,12,15,22H,3,5-6,11,13-14H2,1-2H3. The van der Waals surface area contributed by atoms with Gasteiger partial charge in [-0.15, -0.1) is 0 Å². The lowest BCUT2D eigenvalue weighted by molar-refractivity contribution is -0.384. The Bertz CT molecular complexity index is 1010. The number of aromatic nitrogens is 1. The molecule has 0 radical (unpaired) electrons. The summed E-state index contributed by atoms with van der Waals surface area (Å²) in [6.45, 7) is 5.41. The number of pyridine rings is 1. The van der Waals surface area contributed by atoms with Crippen LogP contribution in [0.5, 0.6) is 5.88 Å². The highest BCUT2D eigenvalue weighted by Gasteiger charge is 2.30. The molecule has 2 heterocycles. The second kappa shape index (κ2) is 9.40. The molecule has 0 amide bonds. The molecule has 1 fully saturated rings. The van der Waals surface area contributed by atoms with Crippen molar-refractivity contribution in [1.82, 2.24) is 9.29 Å². The molecule has 9 nitrogen and oxygen atoms in total. The lowest BCUT2D eigenvalue weighted by atomic mass is 10.0. The van der Waals surface area contributed by atoms with Gasteiger partial charge in [0.25, 0.3) is 5.69 Å². The Morgan fingerprint density at radius 2 is 2.17 bits per heavy atom. The molecule has 162 valence electrons. The van der Waals surface area contributed by atoms with Crippen molar-refractivity contribution in [3.8, 4) is 5.88 Å². The first-order valence-electron chi connectivity index (χ1n) is 9.92. The summed E-state index contributed by atoms with van der Waals surface area (Å²) in [7, 11) is -3.78. The normalized spacial score (nSPS) is 17.5. The molecular formula is C20H26N4O5S. The summed E-state index contributed by atoms with van der Waals surface area (Å²) in [5.41, 5.74) is 0.688. The van der Waals surface area contributed by atoms with E-state index < -0.39 is 14.9 Å². The first-order valence-corrected chi connectivity index (χ1v) is 11.4. The zero-order valence-electron chi connectivity index (χ0n) is 17.1. The Hall–Kier alpha value is -2.72. The minimum Gasteiger partial charge on any atom is -0.478 e. The fraction of sp³-hybridized carbons (Fsp3) is 0.450. The maximum atomic E-state index is 13.0. The van der Waals surface area contributed by atoms with Gasteiger partial charge < -0.3 is 10.1 Å². The summed E-state index contributed by atoms with van der Waals surface area (Å²) >= 11 is 0. The summed E-state index contributed by atoms with van der Waals surface area (Å²) < 4.78 is 32.8. The zero-order chi connectivity index (χ0) is 21.7. The molecule has 1 atom stereocenters. The van der Waals surface area contributed by atoms with E-state index >= 15 is 0 Å². The van der Waals surface area contributed by atoms with E-state index in [0.29, 0.717) is 25.6 Å². The van der Waals surface area contributed by atoms with E-state index in [1.165, 1.54) is 16.4 Å². The molecule has 3 rings (SSSR count). The molecule has 1 unspecified atom stereocenters. The van der Waals surface area contributed by atoms with Crippen LogP contribution in [-0.2, 0) is 16.6 Å². The predicted molar refractivity (Wildman–Crippen MR) is 113 cm³/mol. The van der Waals surface area contributed by atoms with Gasteiger partial charge in [0.05, 0.1) is 16.4 Å². The lowest BCUT2D eigenvalue weighted by Gasteiger charge is -2.30. The highest BCUT2D eigenvalue weighted by Crippen LogP contribution is 2.31. The zero-order valence-corrected chi connectivity index (χ0v) is 17.9. The van der Waals surface area contributed by atoms with Gasteiger partial charge >= 0.3 is 0 Å². The average Bonchev–Trinajstić information content (AvgIpc) is 2.73. The van der Waals surface area contributed by atoms with Crippen LogP contribution >= 0.6 is 0 Å². The van der Waals surface area contributed by atoms with Gasteiger partial charge in [0.1, 0.15) is 5.69 Å². The van der Waals surface area contributed by atoms with Gasteiger partial charge in [-0.3, -0.25) is 10.1 Å². The number of hydrogen-bond acceptors (Lipinski definition) is 7. The molecule has 30 heavy (non-hydrogen) atoms. The van der Waals surface area contributed by atoms with Crippen LogP contribution in [0.4, 0.5) is 11.4 Å². The van der Waals surface area contributed by atoms with Crippen LogP contribution in [0, 0.1) is 16.0 Å². The summed E-state index contributed by atoms with van der Waals surface area (Å²) in [6, 6.07) is 7.55. The minimum atomic E-state index is -3.78. The van der Waals surface area contributed by atoms with E-state index in [-0.39, 0.29) is 28.7 Å². The number of nitrogens with one attached hydrogen (secondary N) is 1. The van der Waals surface area contributed by atoms with Gasteiger partial charge in [0, 0.05) is 37.5 Å². The van der Waals surface area contributed by atoms with Crippen molar-refractivity contribution >= 4 is 21.4 Å².